The number of hydrogen-bond acceptors (Lipinski definition) is 6. The second kappa shape index (κ2) is 9.28. The number of cyclic esters (lactones) is 2. The summed E-state index contributed by atoms with van der Waals surface area (Å²) in [5.41, 5.74) is 2.96. The highest BCUT2D eigenvalue weighted by molar-refractivity contribution is 5.98. The Balaban J connectivity index is 1.69. The van der Waals surface area contributed by atoms with Crippen LogP contribution in [0.1, 0.15) is 48.3 Å². The van der Waals surface area contributed by atoms with E-state index in [0.29, 0.717) is 23.7 Å². The van der Waals surface area contributed by atoms with Crippen molar-refractivity contribution in [3.8, 4) is 11.3 Å². The normalized spacial score (nSPS) is 16.3. The average Bonchev–Trinajstić information content (AvgIpc) is 3.43. The van der Waals surface area contributed by atoms with Crippen molar-refractivity contribution in [3.05, 3.63) is 107 Å². The van der Waals surface area contributed by atoms with Gasteiger partial charge in [0.1, 0.15) is 35.4 Å². The molecule has 5 rings (SSSR count). The van der Waals surface area contributed by atoms with Crippen molar-refractivity contribution in [2.45, 2.75) is 45.9 Å². The largest absolute Gasteiger partial charge is 0.711 e. The fourth-order valence-corrected chi connectivity index (χ4v) is 4.77. The molecule has 1 aliphatic rings. The molecule has 3 heterocycles. The average molecular weight is 501 g/mol. The first-order chi connectivity index (χ1) is 17.7. The number of esters is 2. The van der Waals surface area contributed by atoms with Gasteiger partial charge < -0.3 is 19.1 Å². The molecule has 0 unspecified atom stereocenters. The smallest absolute Gasteiger partial charge is 0.325 e. The van der Waals surface area contributed by atoms with Gasteiger partial charge in [0.05, 0.1) is 0 Å². The zero-order valence-corrected chi connectivity index (χ0v) is 21.1. The molecular weight excluding hydrogens is 472 g/mol. The summed E-state index contributed by atoms with van der Waals surface area (Å²) in [4.78, 5) is 26.5. The maximum absolute atomic E-state index is 13.6. The highest BCUT2D eigenvalue weighted by Gasteiger charge is 2.53. The molecule has 0 spiro atoms. The van der Waals surface area contributed by atoms with Crippen molar-refractivity contribution in [2.24, 2.45) is 5.92 Å². The molecule has 190 valence electrons. The van der Waals surface area contributed by atoms with Gasteiger partial charge in [0.15, 0.2) is 5.92 Å². The van der Waals surface area contributed by atoms with E-state index < -0.39 is 29.6 Å². The second-order valence-electron chi connectivity index (χ2n) is 9.66. The molecule has 1 atom stereocenters. The molecular formula is C29H28N2O6. The van der Waals surface area contributed by atoms with E-state index in [-0.39, 0.29) is 11.6 Å². The molecule has 0 saturated carbocycles. The summed E-state index contributed by atoms with van der Waals surface area (Å²) in [5.74, 6) is -4.42. The van der Waals surface area contributed by atoms with Crippen LogP contribution in [0.2, 0.25) is 0 Å². The Labute approximate surface area is 214 Å². The van der Waals surface area contributed by atoms with Gasteiger partial charge in [-0.3, -0.25) is 9.59 Å². The topological polar surface area (TPSA) is 97.6 Å². The third kappa shape index (κ3) is 4.50. The van der Waals surface area contributed by atoms with Crippen LogP contribution in [-0.2, 0) is 25.6 Å². The van der Waals surface area contributed by atoms with Crippen LogP contribution < -0.4 is 4.73 Å². The Morgan fingerprint density at radius 3 is 2.14 bits per heavy atom. The fourth-order valence-electron chi connectivity index (χ4n) is 4.77. The Kier molecular flexibility index (Phi) is 6.11. The molecule has 8 nitrogen and oxygen atoms in total. The molecule has 1 aliphatic heterocycles. The monoisotopic (exact) mass is 500 g/mol. The Morgan fingerprint density at radius 1 is 0.919 bits per heavy atom. The summed E-state index contributed by atoms with van der Waals surface area (Å²) >= 11 is 0. The number of nitrogens with zero attached hydrogens (tertiary/aromatic N) is 2. The standard InChI is InChI=1S/C29H28N2O6/c1-18-19(2)31(34)26(30(18)17-20-11-7-5-8-12-20)24(25-27(32)36-29(3,4)37-28(25)33)23-16-15-22(35-23)21-13-9-6-10-14-21/h5-16,24-25H,17H2,1-4H3/t24-/m1/s1. The minimum absolute atomic E-state index is 0.200. The SMILES string of the molecule is Cc1c(C)[n+]([O-])c([C@H](c2ccc(-c3ccccc3)o2)C2C(=O)OC(C)(C)OC2=O)n1Cc1ccccc1. The first kappa shape index (κ1) is 24.4. The van der Waals surface area contributed by atoms with Gasteiger partial charge in [0.2, 0.25) is 0 Å². The predicted molar refractivity (Wildman–Crippen MR) is 134 cm³/mol. The van der Waals surface area contributed by atoms with Gasteiger partial charge in [-0.2, -0.15) is 0 Å². The van der Waals surface area contributed by atoms with Gasteiger partial charge in [0, 0.05) is 33.3 Å². The molecule has 0 bridgehead atoms. The molecule has 0 radical (unpaired) electrons. The Morgan fingerprint density at radius 2 is 1.51 bits per heavy atom. The van der Waals surface area contributed by atoms with Crippen LogP contribution in [0.25, 0.3) is 11.3 Å². The van der Waals surface area contributed by atoms with Crippen LogP contribution >= 0.6 is 0 Å². The molecule has 0 aliphatic carbocycles. The van der Waals surface area contributed by atoms with Crippen molar-refractivity contribution < 1.29 is 28.2 Å². The number of rotatable bonds is 6. The van der Waals surface area contributed by atoms with Gasteiger partial charge in [-0.25, -0.2) is 9.30 Å². The van der Waals surface area contributed by atoms with E-state index in [0.717, 1.165) is 15.9 Å². The lowest BCUT2D eigenvalue weighted by atomic mass is 9.88. The molecule has 4 aromatic rings. The summed E-state index contributed by atoms with van der Waals surface area (Å²) in [6.45, 7) is 6.90. The Bertz CT molecular complexity index is 1430. The highest BCUT2D eigenvalue weighted by atomic mass is 16.7. The van der Waals surface area contributed by atoms with Crippen molar-refractivity contribution >= 4 is 11.9 Å². The van der Waals surface area contributed by atoms with E-state index in [2.05, 4.69) is 0 Å². The van der Waals surface area contributed by atoms with E-state index in [9.17, 15) is 14.8 Å². The lowest BCUT2D eigenvalue weighted by Gasteiger charge is -2.34. The molecule has 0 amide bonds. The first-order valence-electron chi connectivity index (χ1n) is 12.1. The highest BCUT2D eigenvalue weighted by Crippen LogP contribution is 2.40. The summed E-state index contributed by atoms with van der Waals surface area (Å²) in [7, 11) is 0. The zero-order chi connectivity index (χ0) is 26.3. The van der Waals surface area contributed by atoms with Gasteiger partial charge in [-0.15, -0.1) is 0 Å². The van der Waals surface area contributed by atoms with E-state index in [4.69, 9.17) is 13.9 Å². The summed E-state index contributed by atoms with van der Waals surface area (Å²) in [6.07, 6.45) is 0. The van der Waals surface area contributed by atoms with E-state index in [1.54, 1.807) is 19.1 Å². The Hall–Kier alpha value is -4.33. The summed E-state index contributed by atoms with van der Waals surface area (Å²) < 4.78 is 19.7. The van der Waals surface area contributed by atoms with Crippen LogP contribution in [0.5, 0.6) is 0 Å². The number of furan rings is 1. The maximum atomic E-state index is 13.6. The number of carbonyl (C=O) groups is 2. The number of hydrogen-bond donors (Lipinski definition) is 0. The lowest BCUT2D eigenvalue weighted by Crippen LogP contribution is -2.50. The van der Waals surface area contributed by atoms with Crippen LogP contribution in [0.3, 0.4) is 0 Å². The van der Waals surface area contributed by atoms with Crippen molar-refractivity contribution in [3.63, 3.8) is 0 Å². The number of carbonyl (C=O) groups excluding carboxylic acids is 2. The predicted octanol–water partition coefficient (Wildman–Crippen LogP) is 4.63. The summed E-state index contributed by atoms with van der Waals surface area (Å²) in [5, 5.41) is 13.6. The zero-order valence-electron chi connectivity index (χ0n) is 21.1. The quantitative estimate of drug-likeness (QED) is 0.166. The molecule has 0 N–H and O–H groups in total. The molecule has 2 aromatic heterocycles. The number of aromatic nitrogens is 2. The minimum Gasteiger partial charge on any atom is -0.711 e. The summed E-state index contributed by atoms with van der Waals surface area (Å²) in [6, 6.07) is 22.6. The minimum atomic E-state index is -1.42. The van der Waals surface area contributed by atoms with Crippen LogP contribution in [-0.4, -0.2) is 22.3 Å². The van der Waals surface area contributed by atoms with Gasteiger partial charge in [-0.05, 0) is 17.7 Å². The number of benzene rings is 2. The van der Waals surface area contributed by atoms with Crippen LogP contribution in [0.4, 0.5) is 0 Å². The van der Waals surface area contributed by atoms with Gasteiger partial charge in [0.25, 0.3) is 11.6 Å². The van der Waals surface area contributed by atoms with Gasteiger partial charge in [-0.1, -0.05) is 60.7 Å². The fraction of sp³-hybridized carbons (Fsp3) is 0.276. The molecule has 1 fully saturated rings. The number of imidazole rings is 1. The third-order valence-corrected chi connectivity index (χ3v) is 6.71. The molecule has 2 aromatic carbocycles. The van der Waals surface area contributed by atoms with Crippen molar-refractivity contribution in [1.29, 1.82) is 0 Å². The lowest BCUT2D eigenvalue weighted by molar-refractivity contribution is -0.621. The van der Waals surface area contributed by atoms with Crippen molar-refractivity contribution in [2.75, 3.05) is 0 Å². The number of ether oxygens (including phenoxy) is 2. The van der Waals surface area contributed by atoms with Crippen LogP contribution in [0.15, 0.2) is 77.2 Å². The van der Waals surface area contributed by atoms with Crippen LogP contribution in [0, 0.1) is 25.0 Å². The van der Waals surface area contributed by atoms with Crippen molar-refractivity contribution in [1.82, 2.24) is 4.57 Å². The van der Waals surface area contributed by atoms with Gasteiger partial charge >= 0.3 is 11.9 Å². The van der Waals surface area contributed by atoms with E-state index >= 15 is 0 Å². The first-order valence-corrected chi connectivity index (χ1v) is 12.1. The molecule has 1 saturated heterocycles. The van der Waals surface area contributed by atoms with E-state index in [1.807, 2.05) is 72.2 Å². The molecule has 37 heavy (non-hydrogen) atoms. The molecule has 8 heteroatoms. The third-order valence-electron chi connectivity index (χ3n) is 6.71. The van der Waals surface area contributed by atoms with E-state index in [1.165, 1.54) is 13.8 Å². The maximum Gasteiger partial charge on any atom is 0.325 e. The second-order valence-corrected chi connectivity index (χ2v) is 9.66.